The quantitative estimate of drug-likeness (QED) is 0.123. The number of para-hydroxylation sites is 1. The van der Waals surface area contributed by atoms with Gasteiger partial charge >= 0.3 is 19.4 Å². The fraction of sp³-hybridized carbons (Fsp3) is 0.577. The molecule has 43 heavy (non-hydrogen) atoms. The van der Waals surface area contributed by atoms with Crippen molar-refractivity contribution in [2.75, 3.05) is 13.2 Å². The van der Waals surface area contributed by atoms with Crippen LogP contribution < -0.4 is 20.9 Å². The Morgan fingerprint density at radius 3 is 2.58 bits per heavy atom. The number of esters is 1. The zero-order valence-corrected chi connectivity index (χ0v) is 24.7. The number of H-pyrrole nitrogens is 1. The third-order valence-electron chi connectivity index (χ3n) is 7.36. The van der Waals surface area contributed by atoms with Gasteiger partial charge in [-0.1, -0.05) is 23.3 Å². The smallest absolute Gasteiger partial charge is 0.459 e. The van der Waals surface area contributed by atoms with Gasteiger partial charge in [0.25, 0.3) is 5.56 Å². The van der Waals surface area contributed by atoms with Gasteiger partial charge in [0, 0.05) is 30.0 Å². The Labute approximate surface area is 245 Å². The van der Waals surface area contributed by atoms with Gasteiger partial charge in [-0.2, -0.15) is 5.09 Å². The molecule has 1 unspecified atom stereocenters. The van der Waals surface area contributed by atoms with Crippen LogP contribution in [0.4, 0.5) is 0 Å². The normalized spacial score (nSPS) is 27.3. The van der Waals surface area contributed by atoms with E-state index in [9.17, 15) is 24.5 Å². The number of aromatic nitrogens is 2. The fourth-order valence-electron chi connectivity index (χ4n) is 5.41. The monoisotopic (exact) mass is 620 g/mol. The van der Waals surface area contributed by atoms with Crippen LogP contribution in [-0.4, -0.2) is 58.0 Å². The molecule has 2 N–H and O–H groups in total. The summed E-state index contributed by atoms with van der Waals surface area (Å²) in [6.07, 6.45) is 0.649. The number of hydrogen-bond acceptors (Lipinski definition) is 11. The number of azide groups is 1. The van der Waals surface area contributed by atoms with Crippen molar-refractivity contribution < 1.29 is 37.4 Å². The minimum atomic E-state index is -4.46. The first kappa shape index (κ1) is 31.0. The summed E-state index contributed by atoms with van der Waals surface area (Å²) in [5.41, 5.74) is 4.66. The molecule has 17 heteroatoms. The lowest BCUT2D eigenvalue weighted by atomic mass is 10.1. The Morgan fingerprint density at radius 1 is 1.21 bits per heavy atom. The van der Waals surface area contributed by atoms with Crippen LogP contribution in [0.15, 0.2) is 57.3 Å². The van der Waals surface area contributed by atoms with Crippen molar-refractivity contribution in [3.05, 3.63) is 73.9 Å². The number of carbonyl (C=O) groups is 1. The zero-order chi connectivity index (χ0) is 30.9. The number of rotatable bonds is 11. The molecular formula is C26H33N6O10P. The topological polar surface area (TPSA) is 205 Å². The first-order chi connectivity index (χ1) is 20.4. The zero-order valence-electron chi connectivity index (χ0n) is 23.8. The van der Waals surface area contributed by atoms with Crippen LogP contribution >= 0.6 is 7.75 Å². The molecule has 1 aromatic carbocycles. The first-order valence-electron chi connectivity index (χ1n) is 13.8. The molecule has 5 rings (SSSR count). The standard InChI is InChI=1S/C26H33N6O10P/c1-4-37-22(34)24(2,3)30-43(36,42-17-10-6-5-7-11-17)38-16-26(29-31-27)20-19(39-25(40-20)13-8-9-14-25)21(41-26)32-15-12-18(33)28-23(32)35/h5-7,10-12,15,19-21H,4,8-9,13-14,16H2,1-3H3,(H,30,36)(H,28,33,35)/t19-,20+,21-,26-,43?/m1/s1. The van der Waals surface area contributed by atoms with Gasteiger partial charge in [-0.15, -0.1) is 0 Å². The van der Waals surface area contributed by atoms with E-state index in [0.29, 0.717) is 12.8 Å². The number of aromatic amines is 1. The van der Waals surface area contributed by atoms with Crippen LogP contribution in [0.25, 0.3) is 10.4 Å². The third kappa shape index (κ3) is 6.27. The second-order valence-electron chi connectivity index (χ2n) is 10.9. The van der Waals surface area contributed by atoms with E-state index in [4.69, 9.17) is 28.0 Å². The van der Waals surface area contributed by atoms with Crippen molar-refractivity contribution in [1.29, 1.82) is 0 Å². The maximum Gasteiger partial charge on any atom is 0.459 e. The number of ether oxygens (including phenoxy) is 4. The van der Waals surface area contributed by atoms with Gasteiger partial charge in [0.1, 0.15) is 23.5 Å². The Balaban J connectivity index is 1.51. The van der Waals surface area contributed by atoms with Gasteiger partial charge in [0.05, 0.1) is 13.2 Å². The minimum Gasteiger partial charge on any atom is -0.465 e. The predicted molar refractivity (Wildman–Crippen MR) is 149 cm³/mol. The van der Waals surface area contributed by atoms with Crippen molar-refractivity contribution in [2.24, 2.45) is 5.11 Å². The third-order valence-corrected chi connectivity index (χ3v) is 9.11. The Bertz CT molecular complexity index is 1550. The fourth-order valence-corrected chi connectivity index (χ4v) is 7.10. The van der Waals surface area contributed by atoms with Crippen LogP contribution in [0.2, 0.25) is 0 Å². The Hall–Kier alpha value is -3.49. The minimum absolute atomic E-state index is 0.0795. The summed E-state index contributed by atoms with van der Waals surface area (Å²) in [7, 11) is -4.46. The highest BCUT2D eigenvalue weighted by molar-refractivity contribution is 7.52. The van der Waals surface area contributed by atoms with E-state index in [0.717, 1.165) is 23.5 Å². The van der Waals surface area contributed by atoms with Crippen molar-refractivity contribution in [1.82, 2.24) is 14.6 Å². The highest BCUT2D eigenvalue weighted by atomic mass is 31.2. The summed E-state index contributed by atoms with van der Waals surface area (Å²) in [5.74, 6) is -1.58. The van der Waals surface area contributed by atoms with Crippen LogP contribution in [0.5, 0.6) is 5.75 Å². The maximum absolute atomic E-state index is 14.3. The molecule has 1 aliphatic carbocycles. The summed E-state index contributed by atoms with van der Waals surface area (Å²) < 4.78 is 51.0. The molecular weight excluding hydrogens is 587 g/mol. The molecule has 0 amide bonds. The lowest BCUT2D eigenvalue weighted by Crippen LogP contribution is -2.49. The van der Waals surface area contributed by atoms with Crippen LogP contribution in [0, 0.1) is 0 Å². The number of nitrogens with one attached hydrogen (secondary N) is 2. The molecule has 16 nitrogen and oxygen atoms in total. The van der Waals surface area contributed by atoms with E-state index in [1.54, 1.807) is 25.1 Å². The molecule has 1 saturated carbocycles. The number of carbonyl (C=O) groups excluding carboxylic acids is 1. The predicted octanol–water partition coefficient (Wildman–Crippen LogP) is 3.26. The molecule has 2 aromatic rings. The average molecular weight is 621 g/mol. The molecule has 2 saturated heterocycles. The number of fused-ring (bicyclic) bond motifs is 1. The summed E-state index contributed by atoms with van der Waals surface area (Å²) >= 11 is 0. The Kier molecular flexibility index (Phi) is 8.56. The molecule has 2 aliphatic heterocycles. The largest absolute Gasteiger partial charge is 0.465 e. The molecule has 3 aliphatic rings. The van der Waals surface area contributed by atoms with Gasteiger partial charge in [0.15, 0.2) is 12.0 Å². The second-order valence-corrected chi connectivity index (χ2v) is 12.6. The van der Waals surface area contributed by atoms with Crippen molar-refractivity contribution in [3.8, 4) is 5.75 Å². The molecule has 232 valence electrons. The SMILES string of the molecule is CCOC(=O)C(C)(C)NP(=O)(OC[C@@]1(N=[N+]=[N-])O[C@@H](n2ccc(=O)[nH]c2=O)[C@@H]2OC3(CCCC3)O[C@@H]21)Oc1ccccc1. The summed E-state index contributed by atoms with van der Waals surface area (Å²) in [6, 6.07) is 9.24. The molecule has 3 fully saturated rings. The van der Waals surface area contributed by atoms with E-state index in [1.807, 2.05) is 0 Å². The molecule has 1 aromatic heterocycles. The molecule has 0 bridgehead atoms. The average Bonchev–Trinajstić information content (AvgIpc) is 3.64. The summed E-state index contributed by atoms with van der Waals surface area (Å²) in [6.45, 7) is 3.89. The molecule has 3 heterocycles. The van der Waals surface area contributed by atoms with E-state index >= 15 is 0 Å². The molecule has 1 spiro atoms. The van der Waals surface area contributed by atoms with Crippen LogP contribution in [0.1, 0.15) is 52.7 Å². The highest BCUT2D eigenvalue weighted by Gasteiger charge is 2.66. The van der Waals surface area contributed by atoms with E-state index in [2.05, 4.69) is 20.1 Å². The summed E-state index contributed by atoms with van der Waals surface area (Å²) in [5, 5.41) is 6.52. The number of hydrogen-bond donors (Lipinski definition) is 2. The van der Waals surface area contributed by atoms with Gasteiger partial charge in [0.2, 0.25) is 5.72 Å². The van der Waals surface area contributed by atoms with Crippen molar-refractivity contribution in [2.45, 2.75) is 81.9 Å². The lowest BCUT2D eigenvalue weighted by Gasteiger charge is -2.34. The van der Waals surface area contributed by atoms with Gasteiger partial charge < -0.3 is 23.5 Å². The van der Waals surface area contributed by atoms with Crippen LogP contribution in [-0.2, 0) is 32.8 Å². The van der Waals surface area contributed by atoms with Gasteiger partial charge in [-0.3, -0.25) is 23.7 Å². The maximum atomic E-state index is 14.3. The number of benzene rings is 1. The van der Waals surface area contributed by atoms with Crippen molar-refractivity contribution >= 4 is 13.7 Å². The van der Waals surface area contributed by atoms with Gasteiger partial charge in [-0.25, -0.2) is 9.36 Å². The van der Waals surface area contributed by atoms with Crippen molar-refractivity contribution in [3.63, 3.8) is 0 Å². The summed E-state index contributed by atoms with van der Waals surface area (Å²) in [4.78, 5) is 42.3. The highest BCUT2D eigenvalue weighted by Crippen LogP contribution is 2.55. The van der Waals surface area contributed by atoms with Crippen LogP contribution in [0.3, 0.4) is 0 Å². The Morgan fingerprint density at radius 2 is 1.93 bits per heavy atom. The van der Waals surface area contributed by atoms with E-state index in [1.165, 1.54) is 32.2 Å². The molecule has 0 radical (unpaired) electrons. The second kappa shape index (κ2) is 11.9. The molecule has 5 atom stereocenters. The van der Waals surface area contributed by atoms with Gasteiger partial charge in [-0.05, 0) is 51.3 Å². The van der Waals surface area contributed by atoms with E-state index in [-0.39, 0.29) is 12.4 Å². The first-order valence-corrected chi connectivity index (χ1v) is 15.4. The lowest BCUT2D eigenvalue weighted by molar-refractivity contribution is -0.237. The number of nitrogens with zero attached hydrogens (tertiary/aromatic N) is 4. The van der Waals surface area contributed by atoms with E-state index < -0.39 is 67.1 Å².